The van der Waals surface area contributed by atoms with E-state index in [1.165, 1.54) is 0 Å². The molecule has 0 unspecified atom stereocenters. The van der Waals surface area contributed by atoms with Gasteiger partial charge in [-0.25, -0.2) is 0 Å². The van der Waals surface area contributed by atoms with E-state index >= 15 is 0 Å². The lowest BCUT2D eigenvalue weighted by Crippen LogP contribution is -2.48. The van der Waals surface area contributed by atoms with Crippen LogP contribution in [0.4, 0.5) is 0 Å². The summed E-state index contributed by atoms with van der Waals surface area (Å²) in [5.41, 5.74) is -0.136. The molecule has 3 atom stereocenters. The fourth-order valence-corrected chi connectivity index (χ4v) is 3.00. The summed E-state index contributed by atoms with van der Waals surface area (Å²) >= 11 is 0. The number of aliphatic hydroxyl groups is 1. The molecule has 0 bridgehead atoms. The molecule has 1 fully saturated rings. The molecular formula is C16H30N2O2. The lowest BCUT2D eigenvalue weighted by atomic mass is 9.87. The van der Waals surface area contributed by atoms with Crippen molar-refractivity contribution >= 4 is 6.21 Å². The average Bonchev–Trinajstić information content (AvgIpc) is 2.95. The Morgan fingerprint density at radius 1 is 1.50 bits per heavy atom. The van der Waals surface area contributed by atoms with Crippen LogP contribution in [0.1, 0.15) is 46.5 Å². The Bertz CT molecular complexity index is 318. The van der Waals surface area contributed by atoms with Crippen LogP contribution in [0.2, 0.25) is 0 Å². The summed E-state index contributed by atoms with van der Waals surface area (Å²) < 4.78 is 5.83. The van der Waals surface area contributed by atoms with Gasteiger partial charge in [-0.05, 0) is 25.7 Å². The molecule has 0 aromatic rings. The van der Waals surface area contributed by atoms with Gasteiger partial charge in [0.15, 0.2) is 0 Å². The monoisotopic (exact) mass is 282 g/mol. The molecule has 1 aliphatic rings. The summed E-state index contributed by atoms with van der Waals surface area (Å²) in [4.78, 5) is 0. The Labute approximate surface area is 123 Å². The molecule has 0 amide bonds. The van der Waals surface area contributed by atoms with E-state index in [0.29, 0.717) is 6.04 Å². The van der Waals surface area contributed by atoms with Gasteiger partial charge >= 0.3 is 0 Å². The first-order chi connectivity index (χ1) is 9.54. The molecule has 0 radical (unpaired) electrons. The number of hydrogen-bond acceptors (Lipinski definition) is 4. The molecule has 1 heterocycles. The molecule has 20 heavy (non-hydrogen) atoms. The highest BCUT2D eigenvalue weighted by molar-refractivity contribution is 5.63. The Hall–Kier alpha value is -0.870. The number of rotatable bonds is 8. The zero-order chi connectivity index (χ0) is 15.2. The maximum Gasteiger partial charge on any atom is 0.0968 e. The molecule has 1 aliphatic heterocycles. The van der Waals surface area contributed by atoms with Crippen molar-refractivity contribution in [2.24, 2.45) is 11.0 Å². The first-order valence-corrected chi connectivity index (χ1v) is 7.71. The zero-order valence-electron chi connectivity index (χ0n) is 13.4. The zero-order valence-corrected chi connectivity index (χ0v) is 13.4. The largest absolute Gasteiger partial charge is 0.387 e. The third-order valence-corrected chi connectivity index (χ3v) is 4.71. The quantitative estimate of drug-likeness (QED) is 0.550. The van der Waals surface area contributed by atoms with E-state index in [4.69, 9.17) is 4.74 Å². The maximum atomic E-state index is 9.96. The summed E-state index contributed by atoms with van der Waals surface area (Å²) in [5.74, 6) is 0.0179. The van der Waals surface area contributed by atoms with Gasteiger partial charge < -0.3 is 9.84 Å². The van der Waals surface area contributed by atoms with Gasteiger partial charge in [-0.3, -0.25) is 5.01 Å². The molecular weight excluding hydrogens is 252 g/mol. The van der Waals surface area contributed by atoms with Crippen LogP contribution >= 0.6 is 0 Å². The van der Waals surface area contributed by atoms with Crippen molar-refractivity contribution < 1.29 is 9.84 Å². The highest BCUT2D eigenvalue weighted by Gasteiger charge is 2.41. The standard InChI is InChI=1S/C16H30N2O2/c1-6-13(4)14(19)12-17-18-11-9-10-15(18)16(7-2,8-3)20-5/h6,12-15,19H,1,7-11H2,2-5H3/b17-12+/t13-,14-,15-/m0/s1. The minimum Gasteiger partial charge on any atom is -0.387 e. The summed E-state index contributed by atoms with van der Waals surface area (Å²) in [5, 5.41) is 16.6. The Morgan fingerprint density at radius 2 is 2.15 bits per heavy atom. The van der Waals surface area contributed by atoms with Gasteiger partial charge in [0, 0.05) is 19.6 Å². The van der Waals surface area contributed by atoms with E-state index in [2.05, 4.69) is 30.5 Å². The number of methoxy groups -OCH3 is 1. The molecule has 4 heteroatoms. The molecule has 0 aromatic heterocycles. The van der Waals surface area contributed by atoms with E-state index in [0.717, 1.165) is 32.2 Å². The van der Waals surface area contributed by atoms with Crippen molar-refractivity contribution in [1.29, 1.82) is 0 Å². The van der Waals surface area contributed by atoms with Gasteiger partial charge in [0.25, 0.3) is 0 Å². The number of hydrazone groups is 1. The third kappa shape index (κ3) is 3.61. The van der Waals surface area contributed by atoms with Crippen LogP contribution in [-0.2, 0) is 4.74 Å². The summed E-state index contributed by atoms with van der Waals surface area (Å²) in [6.45, 7) is 10.9. The lowest BCUT2D eigenvalue weighted by molar-refractivity contribution is -0.0732. The molecule has 0 spiro atoms. The number of nitrogens with zero attached hydrogens (tertiary/aromatic N) is 2. The van der Waals surface area contributed by atoms with Gasteiger partial charge in [-0.1, -0.05) is 26.8 Å². The van der Waals surface area contributed by atoms with E-state index in [1.54, 1.807) is 19.4 Å². The number of ether oxygens (including phenoxy) is 1. The Morgan fingerprint density at radius 3 is 2.65 bits per heavy atom. The maximum absolute atomic E-state index is 9.96. The summed E-state index contributed by atoms with van der Waals surface area (Å²) in [7, 11) is 1.79. The van der Waals surface area contributed by atoms with Crippen LogP contribution in [0.5, 0.6) is 0 Å². The van der Waals surface area contributed by atoms with Crippen LogP contribution < -0.4 is 0 Å². The van der Waals surface area contributed by atoms with Gasteiger partial charge in [-0.2, -0.15) is 5.10 Å². The Kier molecular flexibility index (Phi) is 6.69. The molecule has 0 aromatic carbocycles. The van der Waals surface area contributed by atoms with Gasteiger partial charge in [0.1, 0.15) is 0 Å². The van der Waals surface area contributed by atoms with E-state index < -0.39 is 6.10 Å². The molecule has 1 saturated heterocycles. The predicted molar refractivity (Wildman–Crippen MR) is 83.9 cm³/mol. The van der Waals surface area contributed by atoms with Crippen LogP contribution in [-0.4, -0.2) is 47.7 Å². The first kappa shape index (κ1) is 17.2. The van der Waals surface area contributed by atoms with E-state index in [1.807, 2.05) is 6.92 Å². The molecule has 1 rings (SSSR count). The van der Waals surface area contributed by atoms with Crippen molar-refractivity contribution in [2.75, 3.05) is 13.7 Å². The second-order valence-electron chi connectivity index (χ2n) is 5.65. The van der Waals surface area contributed by atoms with Crippen molar-refractivity contribution in [3.8, 4) is 0 Å². The fraction of sp³-hybridized carbons (Fsp3) is 0.812. The van der Waals surface area contributed by atoms with Gasteiger partial charge in [-0.15, -0.1) is 6.58 Å². The number of hydrogen-bond donors (Lipinski definition) is 1. The summed E-state index contributed by atoms with van der Waals surface area (Å²) in [6.07, 6.45) is 6.98. The molecule has 0 saturated carbocycles. The number of aliphatic hydroxyl groups excluding tert-OH is 1. The molecule has 116 valence electrons. The summed E-state index contributed by atoms with van der Waals surface area (Å²) in [6, 6.07) is 0.296. The predicted octanol–water partition coefficient (Wildman–Crippen LogP) is 2.82. The highest BCUT2D eigenvalue weighted by Crippen LogP contribution is 2.34. The molecule has 1 N–H and O–H groups in total. The second kappa shape index (κ2) is 7.79. The van der Waals surface area contributed by atoms with Crippen LogP contribution in [0.25, 0.3) is 0 Å². The second-order valence-corrected chi connectivity index (χ2v) is 5.65. The van der Waals surface area contributed by atoms with Crippen LogP contribution in [0.3, 0.4) is 0 Å². The van der Waals surface area contributed by atoms with Crippen molar-refractivity contribution in [3.63, 3.8) is 0 Å². The van der Waals surface area contributed by atoms with Crippen molar-refractivity contribution in [2.45, 2.75) is 64.2 Å². The normalized spacial score (nSPS) is 23.2. The van der Waals surface area contributed by atoms with Crippen LogP contribution in [0, 0.1) is 5.92 Å². The minimum atomic E-state index is -0.575. The SMILES string of the molecule is C=C[C@H](C)[C@@H](O)/C=N/N1CCC[C@H]1C(CC)(CC)OC. The molecule has 4 nitrogen and oxygen atoms in total. The smallest absolute Gasteiger partial charge is 0.0968 e. The molecule has 0 aliphatic carbocycles. The third-order valence-electron chi connectivity index (χ3n) is 4.71. The van der Waals surface area contributed by atoms with Crippen LogP contribution in [0.15, 0.2) is 17.8 Å². The Balaban J connectivity index is 2.79. The van der Waals surface area contributed by atoms with E-state index in [9.17, 15) is 5.11 Å². The minimum absolute atomic E-state index is 0.0179. The van der Waals surface area contributed by atoms with Crippen molar-refractivity contribution in [1.82, 2.24) is 5.01 Å². The van der Waals surface area contributed by atoms with Gasteiger partial charge in [0.05, 0.1) is 24.0 Å². The lowest BCUT2D eigenvalue weighted by Gasteiger charge is -2.40. The van der Waals surface area contributed by atoms with Crippen molar-refractivity contribution in [3.05, 3.63) is 12.7 Å². The average molecular weight is 282 g/mol. The van der Waals surface area contributed by atoms with Gasteiger partial charge in [0.2, 0.25) is 0 Å². The topological polar surface area (TPSA) is 45.1 Å². The first-order valence-electron chi connectivity index (χ1n) is 7.71. The van der Waals surface area contributed by atoms with E-state index in [-0.39, 0.29) is 11.5 Å². The fourth-order valence-electron chi connectivity index (χ4n) is 3.00. The highest BCUT2D eigenvalue weighted by atomic mass is 16.5.